The molecule has 0 heteroatoms. The molecule has 0 bridgehead atoms. The second-order valence-electron chi connectivity index (χ2n) is 5.13. The van der Waals surface area contributed by atoms with Crippen molar-refractivity contribution >= 4 is 0 Å². The van der Waals surface area contributed by atoms with Gasteiger partial charge >= 0.3 is 0 Å². The first-order valence-corrected chi connectivity index (χ1v) is 8.83. The quantitative estimate of drug-likeness (QED) is 0.514. The molecule has 0 radical (unpaired) electrons. The largest absolute Gasteiger partial charge is 0.0991 e. The van der Waals surface area contributed by atoms with Crippen molar-refractivity contribution in [1.29, 1.82) is 0 Å². The molecule has 22 heavy (non-hydrogen) atoms. The highest BCUT2D eigenvalue weighted by molar-refractivity contribution is 5.41. The van der Waals surface area contributed by atoms with Crippen LogP contribution in [0.15, 0.2) is 67.3 Å². The van der Waals surface area contributed by atoms with Crippen molar-refractivity contribution in [2.75, 3.05) is 0 Å². The maximum Gasteiger partial charge on any atom is 0.0197 e. The van der Waals surface area contributed by atoms with Crippen LogP contribution in [0.1, 0.15) is 65.4 Å². The van der Waals surface area contributed by atoms with E-state index in [1.54, 1.807) is 0 Å². The maximum atomic E-state index is 4.33. The summed E-state index contributed by atoms with van der Waals surface area (Å²) in [4.78, 5) is 0. The van der Waals surface area contributed by atoms with E-state index in [1.165, 1.54) is 43.2 Å². The van der Waals surface area contributed by atoms with Gasteiger partial charge in [-0.3, -0.25) is 0 Å². The van der Waals surface area contributed by atoms with E-state index in [2.05, 4.69) is 49.6 Å². The van der Waals surface area contributed by atoms with E-state index in [4.69, 9.17) is 0 Å². The van der Waals surface area contributed by atoms with Crippen LogP contribution in [-0.4, -0.2) is 0 Å². The second kappa shape index (κ2) is 12.0. The maximum absolute atomic E-state index is 4.33. The second-order valence-corrected chi connectivity index (χ2v) is 5.13. The van der Waals surface area contributed by atoms with Gasteiger partial charge in [0, 0.05) is 5.41 Å². The zero-order valence-electron chi connectivity index (χ0n) is 15.1. The molecule has 0 atom stereocenters. The lowest BCUT2D eigenvalue weighted by Crippen LogP contribution is -2.30. The number of hydrogen-bond donors (Lipinski definition) is 0. The summed E-state index contributed by atoms with van der Waals surface area (Å²) in [6.07, 6.45) is 12.4. The van der Waals surface area contributed by atoms with Crippen LogP contribution in [0.4, 0.5) is 0 Å². The molecule has 0 unspecified atom stereocenters. The van der Waals surface area contributed by atoms with Crippen LogP contribution in [-0.2, 0) is 5.41 Å². The molecule has 0 N–H and O–H groups in total. The Morgan fingerprint density at radius 2 is 1.50 bits per heavy atom. The van der Waals surface area contributed by atoms with Gasteiger partial charge in [-0.15, -0.1) is 0 Å². The van der Waals surface area contributed by atoms with Gasteiger partial charge in [-0.25, -0.2) is 0 Å². The number of allylic oxidation sites excluding steroid dienone is 4. The Morgan fingerprint density at radius 3 is 2.00 bits per heavy atom. The van der Waals surface area contributed by atoms with Crippen LogP contribution in [0.3, 0.4) is 0 Å². The molecule has 122 valence electrons. The standard InChI is InChI=1S/C18H22.2C2H6/c1-3-4-11-16(2)18(14-9-6-10-15-18)17-12-7-5-8-13-17;2*1-2/h3-5,7-8,11-13H,1-2,6,9-10,14-15H2;2*1-2H3/b11-4-;;. The molecule has 1 fully saturated rings. The van der Waals surface area contributed by atoms with Crippen LogP contribution in [0.25, 0.3) is 0 Å². The molecule has 1 aliphatic rings. The molecule has 0 heterocycles. The smallest absolute Gasteiger partial charge is 0.0197 e. The van der Waals surface area contributed by atoms with Gasteiger partial charge in [-0.1, -0.05) is 109 Å². The summed E-state index contributed by atoms with van der Waals surface area (Å²) in [7, 11) is 0. The fourth-order valence-corrected chi connectivity index (χ4v) is 3.05. The molecule has 1 aromatic carbocycles. The van der Waals surface area contributed by atoms with Crippen molar-refractivity contribution in [2.45, 2.75) is 65.2 Å². The Hall–Kier alpha value is -1.56. The van der Waals surface area contributed by atoms with Crippen LogP contribution < -0.4 is 0 Å². The minimum Gasteiger partial charge on any atom is -0.0991 e. The molecule has 0 saturated heterocycles. The first-order chi connectivity index (χ1) is 10.8. The lowest BCUT2D eigenvalue weighted by molar-refractivity contribution is 0.346. The molecule has 0 aliphatic heterocycles. The summed E-state index contributed by atoms with van der Waals surface area (Å²) >= 11 is 0. The van der Waals surface area contributed by atoms with Gasteiger partial charge in [0.05, 0.1) is 0 Å². The Balaban J connectivity index is 0.00000102. The molecule has 0 aromatic heterocycles. The molecule has 0 spiro atoms. The number of benzene rings is 1. The topological polar surface area (TPSA) is 0 Å². The van der Waals surface area contributed by atoms with Crippen LogP contribution in [0.2, 0.25) is 0 Å². The fraction of sp³-hybridized carbons (Fsp3) is 0.455. The summed E-state index contributed by atoms with van der Waals surface area (Å²) < 4.78 is 0. The van der Waals surface area contributed by atoms with Crippen molar-refractivity contribution in [3.8, 4) is 0 Å². The van der Waals surface area contributed by atoms with Gasteiger partial charge in [0.25, 0.3) is 0 Å². The van der Waals surface area contributed by atoms with Crippen LogP contribution in [0.5, 0.6) is 0 Å². The Kier molecular flexibility index (Phi) is 11.2. The Labute approximate surface area is 138 Å². The van der Waals surface area contributed by atoms with Crippen molar-refractivity contribution in [1.82, 2.24) is 0 Å². The number of hydrogen-bond acceptors (Lipinski definition) is 0. The van der Waals surface area contributed by atoms with E-state index < -0.39 is 0 Å². The van der Waals surface area contributed by atoms with Gasteiger partial charge < -0.3 is 0 Å². The van der Waals surface area contributed by atoms with Crippen molar-refractivity contribution < 1.29 is 0 Å². The van der Waals surface area contributed by atoms with Crippen LogP contribution >= 0.6 is 0 Å². The first-order valence-electron chi connectivity index (χ1n) is 8.83. The molecule has 1 aromatic rings. The van der Waals surface area contributed by atoms with E-state index in [1.807, 2.05) is 39.8 Å². The zero-order chi connectivity index (χ0) is 16.8. The normalized spacial score (nSPS) is 15.8. The van der Waals surface area contributed by atoms with Crippen molar-refractivity contribution in [2.24, 2.45) is 0 Å². The summed E-state index contributed by atoms with van der Waals surface area (Å²) in [6, 6.07) is 10.9. The van der Waals surface area contributed by atoms with E-state index in [9.17, 15) is 0 Å². The van der Waals surface area contributed by atoms with Crippen LogP contribution in [0, 0.1) is 0 Å². The molecule has 0 amide bonds. The third-order valence-electron chi connectivity index (χ3n) is 4.08. The Bertz CT molecular complexity index is 430. The molecule has 1 aliphatic carbocycles. The van der Waals surface area contributed by atoms with Gasteiger partial charge in [0.1, 0.15) is 0 Å². The van der Waals surface area contributed by atoms with E-state index >= 15 is 0 Å². The summed E-state index contributed by atoms with van der Waals surface area (Å²) in [5, 5.41) is 0. The Morgan fingerprint density at radius 1 is 0.955 bits per heavy atom. The van der Waals surface area contributed by atoms with Gasteiger partial charge in [-0.2, -0.15) is 0 Å². The lowest BCUT2D eigenvalue weighted by atomic mass is 9.65. The highest BCUT2D eigenvalue weighted by atomic mass is 14.4. The molecule has 2 rings (SSSR count). The minimum absolute atomic E-state index is 0.152. The van der Waals surface area contributed by atoms with Gasteiger partial charge in [-0.05, 0) is 24.0 Å². The zero-order valence-corrected chi connectivity index (χ0v) is 15.1. The molecular weight excluding hydrogens is 264 g/mol. The SMILES string of the molecule is C=C/C=C\C(=C)C1(c2ccccc2)CCCCC1.CC.CC. The summed E-state index contributed by atoms with van der Waals surface area (Å²) in [6.45, 7) is 16.1. The predicted molar refractivity (Wildman–Crippen MR) is 102 cm³/mol. The lowest BCUT2D eigenvalue weighted by Gasteiger charge is -2.39. The van der Waals surface area contributed by atoms with Crippen molar-refractivity contribution in [3.05, 3.63) is 72.9 Å². The highest BCUT2D eigenvalue weighted by Crippen LogP contribution is 2.44. The molecule has 1 saturated carbocycles. The summed E-state index contributed by atoms with van der Waals surface area (Å²) in [5.41, 5.74) is 2.80. The molecule has 0 nitrogen and oxygen atoms in total. The minimum atomic E-state index is 0.152. The van der Waals surface area contributed by atoms with Gasteiger partial charge in [0.15, 0.2) is 0 Å². The van der Waals surface area contributed by atoms with E-state index in [0.717, 1.165) is 0 Å². The predicted octanol–water partition coefficient (Wildman–Crippen LogP) is 7.24. The highest BCUT2D eigenvalue weighted by Gasteiger charge is 2.35. The third-order valence-corrected chi connectivity index (χ3v) is 4.08. The first kappa shape index (κ1) is 20.4. The van der Waals surface area contributed by atoms with Gasteiger partial charge in [0.2, 0.25) is 0 Å². The summed E-state index contributed by atoms with van der Waals surface area (Å²) in [5.74, 6) is 0. The van der Waals surface area contributed by atoms with E-state index in [0.29, 0.717) is 0 Å². The fourth-order valence-electron chi connectivity index (χ4n) is 3.05. The van der Waals surface area contributed by atoms with E-state index in [-0.39, 0.29) is 5.41 Å². The number of rotatable bonds is 4. The monoisotopic (exact) mass is 298 g/mol. The van der Waals surface area contributed by atoms with Crippen molar-refractivity contribution in [3.63, 3.8) is 0 Å². The molecular formula is C22H34. The average Bonchev–Trinajstić information content (AvgIpc) is 2.64. The third kappa shape index (κ3) is 5.33. The average molecular weight is 299 g/mol.